The number of nitrogens with zero attached hydrogens (tertiary/aromatic N) is 4. The number of pyridine rings is 1. The van der Waals surface area contributed by atoms with E-state index in [1.54, 1.807) is 17.2 Å². The van der Waals surface area contributed by atoms with Crippen LogP contribution in [-0.4, -0.2) is 39.0 Å². The van der Waals surface area contributed by atoms with Crippen molar-refractivity contribution in [1.29, 1.82) is 0 Å². The van der Waals surface area contributed by atoms with Crippen LogP contribution in [0.1, 0.15) is 53.2 Å². The molecule has 2 fully saturated rings. The zero-order valence-corrected chi connectivity index (χ0v) is 12.7. The third-order valence-corrected chi connectivity index (χ3v) is 4.53. The van der Waals surface area contributed by atoms with E-state index in [1.165, 1.54) is 6.20 Å². The van der Waals surface area contributed by atoms with Crippen LogP contribution in [0.3, 0.4) is 0 Å². The Kier molecular flexibility index (Phi) is 3.33. The smallest absolute Gasteiger partial charge is 0.255 e. The summed E-state index contributed by atoms with van der Waals surface area (Å²) in [6, 6.07) is 1.65. The first kappa shape index (κ1) is 13.7. The lowest BCUT2D eigenvalue weighted by atomic mass is 10.1. The highest BCUT2D eigenvalue weighted by Crippen LogP contribution is 2.39. The first-order valence-electron chi connectivity index (χ1n) is 7.44. The summed E-state index contributed by atoms with van der Waals surface area (Å²) in [6.45, 7) is 1.26. The molecule has 1 aliphatic heterocycles. The Morgan fingerprint density at radius 1 is 1.32 bits per heavy atom. The summed E-state index contributed by atoms with van der Waals surface area (Å²) >= 11 is 6.05. The highest BCUT2D eigenvalue weighted by atomic mass is 35.5. The molecule has 2 aromatic heterocycles. The summed E-state index contributed by atoms with van der Waals surface area (Å²) in [5.41, 5.74) is 0.488. The average molecular weight is 319 g/mol. The van der Waals surface area contributed by atoms with E-state index in [-0.39, 0.29) is 11.8 Å². The molecule has 0 radical (unpaired) electrons. The van der Waals surface area contributed by atoms with Gasteiger partial charge in [-0.05, 0) is 25.3 Å². The van der Waals surface area contributed by atoms with Gasteiger partial charge in [0.25, 0.3) is 5.91 Å². The van der Waals surface area contributed by atoms with Crippen molar-refractivity contribution in [1.82, 2.24) is 20.0 Å². The van der Waals surface area contributed by atoms with E-state index in [1.807, 2.05) is 0 Å². The summed E-state index contributed by atoms with van der Waals surface area (Å²) in [6.07, 6.45) is 6.19. The van der Waals surface area contributed by atoms with E-state index in [2.05, 4.69) is 15.1 Å². The molecule has 6 nitrogen and oxygen atoms in total. The van der Waals surface area contributed by atoms with E-state index in [4.69, 9.17) is 16.1 Å². The quantitative estimate of drug-likeness (QED) is 0.870. The second-order valence-electron chi connectivity index (χ2n) is 5.86. The highest BCUT2D eigenvalue weighted by molar-refractivity contribution is 6.33. The van der Waals surface area contributed by atoms with Crippen molar-refractivity contribution < 1.29 is 9.32 Å². The number of carbonyl (C=O) groups is 1. The fourth-order valence-electron chi connectivity index (χ4n) is 2.79. The molecule has 2 aliphatic rings. The van der Waals surface area contributed by atoms with Gasteiger partial charge in [0.1, 0.15) is 0 Å². The van der Waals surface area contributed by atoms with Gasteiger partial charge in [-0.1, -0.05) is 16.8 Å². The molecule has 0 unspecified atom stereocenters. The number of hydrogen-bond donors (Lipinski definition) is 0. The molecule has 0 N–H and O–H groups in total. The molecular weight excluding hydrogens is 304 g/mol. The van der Waals surface area contributed by atoms with Gasteiger partial charge >= 0.3 is 0 Å². The molecule has 2 aromatic rings. The monoisotopic (exact) mass is 318 g/mol. The van der Waals surface area contributed by atoms with Crippen LogP contribution in [0.2, 0.25) is 5.02 Å². The maximum absolute atomic E-state index is 12.5. The second-order valence-corrected chi connectivity index (χ2v) is 6.26. The maximum Gasteiger partial charge on any atom is 0.255 e. The summed E-state index contributed by atoms with van der Waals surface area (Å²) < 4.78 is 5.37. The van der Waals surface area contributed by atoms with Gasteiger partial charge in [0.15, 0.2) is 5.82 Å². The Balaban J connectivity index is 1.47. The summed E-state index contributed by atoms with van der Waals surface area (Å²) in [5.74, 6) is 1.99. The van der Waals surface area contributed by atoms with Gasteiger partial charge in [-0.3, -0.25) is 9.78 Å². The molecule has 1 saturated heterocycles. The van der Waals surface area contributed by atoms with Crippen LogP contribution in [0.5, 0.6) is 0 Å². The predicted octanol–water partition coefficient (Wildman–Crippen LogP) is 2.63. The number of hydrogen-bond acceptors (Lipinski definition) is 5. The average Bonchev–Trinajstić information content (AvgIpc) is 3.07. The molecule has 7 heteroatoms. The van der Waals surface area contributed by atoms with E-state index in [0.717, 1.165) is 25.1 Å². The summed E-state index contributed by atoms with van der Waals surface area (Å²) in [5, 5.41) is 4.43. The number of rotatable bonds is 3. The highest BCUT2D eigenvalue weighted by Gasteiger charge is 2.34. The van der Waals surface area contributed by atoms with E-state index in [0.29, 0.717) is 35.5 Å². The van der Waals surface area contributed by atoms with Crippen LogP contribution < -0.4 is 0 Å². The minimum atomic E-state index is -0.0724. The maximum atomic E-state index is 12.5. The van der Waals surface area contributed by atoms with Crippen molar-refractivity contribution in [3.8, 4) is 0 Å². The Morgan fingerprint density at radius 2 is 2.18 bits per heavy atom. The van der Waals surface area contributed by atoms with Crippen molar-refractivity contribution in [2.24, 2.45) is 0 Å². The fourth-order valence-corrected chi connectivity index (χ4v) is 2.99. The molecule has 0 bridgehead atoms. The third kappa shape index (κ3) is 2.47. The van der Waals surface area contributed by atoms with Gasteiger partial charge in [0.2, 0.25) is 5.89 Å². The normalized spacial score (nSPS) is 21.3. The molecule has 4 rings (SSSR count). The number of likely N-dealkylation sites (tertiary alicyclic amines) is 1. The largest absolute Gasteiger partial charge is 0.339 e. The SMILES string of the molecule is O=C(c1ccncc1Cl)N1CC[C@H](c2nc(C3CC3)no2)C1. The molecule has 22 heavy (non-hydrogen) atoms. The molecule has 0 spiro atoms. The molecule has 3 heterocycles. The van der Waals surface area contributed by atoms with Crippen LogP contribution >= 0.6 is 11.6 Å². The molecular formula is C15H15ClN4O2. The third-order valence-electron chi connectivity index (χ3n) is 4.23. The Morgan fingerprint density at radius 3 is 2.95 bits per heavy atom. The molecule has 0 aromatic carbocycles. The van der Waals surface area contributed by atoms with Crippen molar-refractivity contribution in [3.63, 3.8) is 0 Å². The number of carbonyl (C=O) groups excluding carboxylic acids is 1. The molecule has 1 atom stereocenters. The lowest BCUT2D eigenvalue weighted by molar-refractivity contribution is 0.0789. The number of halogens is 1. The predicted molar refractivity (Wildman–Crippen MR) is 78.8 cm³/mol. The van der Waals surface area contributed by atoms with Gasteiger partial charge in [-0.25, -0.2) is 0 Å². The zero-order chi connectivity index (χ0) is 15.1. The molecule has 1 saturated carbocycles. The van der Waals surface area contributed by atoms with Gasteiger partial charge in [-0.15, -0.1) is 0 Å². The second kappa shape index (κ2) is 5.35. The van der Waals surface area contributed by atoms with E-state index in [9.17, 15) is 4.79 Å². The standard InChI is InChI=1S/C15H15ClN4O2/c16-12-7-17-5-3-11(12)15(21)20-6-4-10(8-20)14-18-13(19-22-14)9-1-2-9/h3,5,7,9-10H,1-2,4,6,8H2/t10-/m0/s1. The van der Waals surface area contributed by atoms with Crippen LogP contribution in [0, 0.1) is 0 Å². The Hall–Kier alpha value is -1.95. The van der Waals surface area contributed by atoms with E-state index >= 15 is 0 Å². The van der Waals surface area contributed by atoms with Crippen molar-refractivity contribution in [2.75, 3.05) is 13.1 Å². The Bertz CT molecular complexity index is 713. The lowest BCUT2D eigenvalue weighted by Crippen LogP contribution is -2.28. The molecule has 1 aliphatic carbocycles. The number of amides is 1. The summed E-state index contributed by atoms with van der Waals surface area (Å²) in [4.78, 5) is 22.7. The van der Waals surface area contributed by atoms with Crippen molar-refractivity contribution in [3.05, 3.63) is 40.8 Å². The summed E-state index contributed by atoms with van der Waals surface area (Å²) in [7, 11) is 0. The van der Waals surface area contributed by atoms with Crippen molar-refractivity contribution in [2.45, 2.75) is 31.1 Å². The van der Waals surface area contributed by atoms with Gasteiger partial charge in [0.05, 0.1) is 16.5 Å². The lowest BCUT2D eigenvalue weighted by Gasteiger charge is -2.16. The molecule has 114 valence electrons. The van der Waals surface area contributed by atoms with Gasteiger partial charge < -0.3 is 9.42 Å². The van der Waals surface area contributed by atoms with Crippen LogP contribution in [0.15, 0.2) is 23.0 Å². The van der Waals surface area contributed by atoms with Gasteiger partial charge in [-0.2, -0.15) is 4.98 Å². The molecule has 1 amide bonds. The van der Waals surface area contributed by atoms with E-state index < -0.39 is 0 Å². The minimum absolute atomic E-state index is 0.0724. The zero-order valence-electron chi connectivity index (χ0n) is 11.9. The topological polar surface area (TPSA) is 72.1 Å². The number of aromatic nitrogens is 3. The first-order valence-corrected chi connectivity index (χ1v) is 7.82. The van der Waals surface area contributed by atoms with Crippen LogP contribution in [0.25, 0.3) is 0 Å². The Labute approximate surface area is 132 Å². The fraction of sp³-hybridized carbons (Fsp3) is 0.467. The van der Waals surface area contributed by atoms with Crippen molar-refractivity contribution >= 4 is 17.5 Å². The first-order chi connectivity index (χ1) is 10.7. The van der Waals surface area contributed by atoms with Crippen LogP contribution in [0.4, 0.5) is 0 Å². The minimum Gasteiger partial charge on any atom is -0.339 e. The van der Waals surface area contributed by atoms with Crippen LogP contribution in [-0.2, 0) is 0 Å². The van der Waals surface area contributed by atoms with Gasteiger partial charge in [0, 0.05) is 31.4 Å².